The number of nitrogens with one attached hydrogen (secondary N) is 2. The van der Waals surface area contributed by atoms with Gasteiger partial charge < -0.3 is 15.7 Å². The lowest BCUT2D eigenvalue weighted by Gasteiger charge is -2.15. The number of carbonyl (C=O) groups excluding carboxylic acids is 2. The van der Waals surface area contributed by atoms with Crippen LogP contribution in [0.3, 0.4) is 0 Å². The van der Waals surface area contributed by atoms with Gasteiger partial charge in [0.05, 0.1) is 17.5 Å². The van der Waals surface area contributed by atoms with E-state index in [0.29, 0.717) is 11.3 Å². The van der Waals surface area contributed by atoms with Crippen LogP contribution >= 0.6 is 11.3 Å². The van der Waals surface area contributed by atoms with Crippen LogP contribution in [0.15, 0.2) is 17.5 Å². The molecule has 0 spiro atoms. The van der Waals surface area contributed by atoms with E-state index in [2.05, 4.69) is 10.6 Å². The van der Waals surface area contributed by atoms with E-state index in [0.717, 1.165) is 0 Å². The van der Waals surface area contributed by atoms with Gasteiger partial charge in [0.25, 0.3) is 5.91 Å². The monoisotopic (exact) mass is 270 g/mol. The molecule has 100 valence electrons. The predicted molar refractivity (Wildman–Crippen MR) is 70.6 cm³/mol. The number of rotatable bonds is 6. The topological polar surface area (TPSA) is 78.4 Å². The lowest BCUT2D eigenvalue weighted by atomic mass is 10.1. The van der Waals surface area contributed by atoms with Gasteiger partial charge in [0.1, 0.15) is 0 Å². The Morgan fingerprint density at radius 1 is 1.44 bits per heavy atom. The Labute approximate surface area is 110 Å². The van der Waals surface area contributed by atoms with Gasteiger partial charge in [0, 0.05) is 6.04 Å². The molecule has 1 heterocycles. The van der Waals surface area contributed by atoms with Crippen molar-refractivity contribution in [2.75, 3.05) is 6.54 Å². The molecule has 0 saturated heterocycles. The van der Waals surface area contributed by atoms with Gasteiger partial charge in [-0.05, 0) is 31.7 Å². The van der Waals surface area contributed by atoms with Crippen molar-refractivity contribution >= 4 is 23.2 Å². The van der Waals surface area contributed by atoms with Crippen LogP contribution in [0.25, 0.3) is 0 Å². The predicted octanol–water partition coefficient (Wildman–Crippen LogP) is 0.754. The van der Waals surface area contributed by atoms with E-state index in [4.69, 9.17) is 5.11 Å². The summed E-state index contributed by atoms with van der Waals surface area (Å²) in [5, 5.41) is 16.2. The van der Waals surface area contributed by atoms with Crippen molar-refractivity contribution in [3.63, 3.8) is 0 Å². The molecule has 0 fully saturated rings. The summed E-state index contributed by atoms with van der Waals surface area (Å²) in [6.07, 6.45) is 0.0333. The van der Waals surface area contributed by atoms with Gasteiger partial charge in [-0.1, -0.05) is 6.07 Å². The van der Waals surface area contributed by atoms with Crippen molar-refractivity contribution in [3.8, 4) is 0 Å². The molecule has 18 heavy (non-hydrogen) atoms. The molecule has 0 aliphatic heterocycles. The molecule has 1 aromatic rings. The maximum absolute atomic E-state index is 11.6. The Bertz CT molecular complexity index is 390. The summed E-state index contributed by atoms with van der Waals surface area (Å²) >= 11 is 1.33. The second kappa shape index (κ2) is 7.13. The van der Waals surface area contributed by atoms with Gasteiger partial charge in [-0.25, -0.2) is 0 Å². The van der Waals surface area contributed by atoms with E-state index in [9.17, 15) is 9.59 Å². The summed E-state index contributed by atoms with van der Waals surface area (Å²) in [5.74, 6) is -0.503. The second-order valence-corrected chi connectivity index (χ2v) is 5.16. The number of aliphatic hydroxyl groups is 1. The molecule has 6 heteroatoms. The molecule has 2 amide bonds. The largest absolute Gasteiger partial charge is 0.393 e. The smallest absolute Gasteiger partial charge is 0.261 e. The van der Waals surface area contributed by atoms with E-state index in [1.807, 2.05) is 6.92 Å². The Morgan fingerprint density at radius 3 is 2.72 bits per heavy atom. The standard InChI is InChI=1S/C12H18N2O3S/c1-8(6-9(2)15)14-11(16)7-13-12(17)10-4-3-5-18-10/h3-5,8-9,15H,6-7H2,1-2H3,(H,13,17)(H,14,16). The summed E-state index contributed by atoms with van der Waals surface area (Å²) in [5.41, 5.74) is 0. The van der Waals surface area contributed by atoms with Crippen LogP contribution in [-0.4, -0.2) is 35.6 Å². The van der Waals surface area contributed by atoms with Gasteiger partial charge in [-0.3, -0.25) is 9.59 Å². The summed E-state index contributed by atoms with van der Waals surface area (Å²) < 4.78 is 0. The number of thiophene rings is 1. The van der Waals surface area contributed by atoms with Crippen molar-refractivity contribution in [2.45, 2.75) is 32.4 Å². The van der Waals surface area contributed by atoms with Crippen LogP contribution in [0.4, 0.5) is 0 Å². The minimum atomic E-state index is -0.457. The molecule has 5 nitrogen and oxygen atoms in total. The Kier molecular flexibility index (Phi) is 5.80. The van der Waals surface area contributed by atoms with Gasteiger partial charge in [-0.2, -0.15) is 0 Å². The fourth-order valence-electron chi connectivity index (χ4n) is 1.55. The highest BCUT2D eigenvalue weighted by molar-refractivity contribution is 7.12. The molecule has 0 aromatic carbocycles. The van der Waals surface area contributed by atoms with Crippen LogP contribution in [0, 0.1) is 0 Å². The maximum atomic E-state index is 11.6. The highest BCUT2D eigenvalue weighted by Crippen LogP contribution is 2.07. The molecule has 2 unspecified atom stereocenters. The minimum absolute atomic E-state index is 0.0547. The third kappa shape index (κ3) is 5.29. The summed E-state index contributed by atoms with van der Waals surface area (Å²) in [6.45, 7) is 3.42. The molecular formula is C12H18N2O3S. The van der Waals surface area contributed by atoms with Crippen molar-refractivity contribution in [1.82, 2.24) is 10.6 Å². The summed E-state index contributed by atoms with van der Waals surface area (Å²) in [6, 6.07) is 3.37. The Hall–Kier alpha value is -1.40. The summed E-state index contributed by atoms with van der Waals surface area (Å²) in [4.78, 5) is 23.6. The molecule has 2 atom stereocenters. The first kappa shape index (κ1) is 14.7. The molecule has 0 saturated carbocycles. The van der Waals surface area contributed by atoms with E-state index in [1.54, 1.807) is 24.4 Å². The van der Waals surface area contributed by atoms with Gasteiger partial charge >= 0.3 is 0 Å². The van der Waals surface area contributed by atoms with Crippen molar-refractivity contribution < 1.29 is 14.7 Å². The summed E-state index contributed by atoms with van der Waals surface area (Å²) in [7, 11) is 0. The molecule has 1 rings (SSSR count). The number of hydrogen-bond acceptors (Lipinski definition) is 4. The minimum Gasteiger partial charge on any atom is -0.393 e. The molecule has 1 aromatic heterocycles. The Balaban J connectivity index is 2.27. The molecule has 0 aliphatic carbocycles. The van der Waals surface area contributed by atoms with Crippen LogP contribution < -0.4 is 10.6 Å². The molecule has 0 aliphatic rings. The third-order valence-electron chi connectivity index (χ3n) is 2.26. The fourth-order valence-corrected chi connectivity index (χ4v) is 2.19. The molecule has 0 radical (unpaired) electrons. The zero-order valence-corrected chi connectivity index (χ0v) is 11.3. The maximum Gasteiger partial charge on any atom is 0.261 e. The van der Waals surface area contributed by atoms with E-state index in [1.165, 1.54) is 11.3 Å². The number of aliphatic hydroxyl groups excluding tert-OH is 1. The van der Waals surface area contributed by atoms with E-state index >= 15 is 0 Å². The average molecular weight is 270 g/mol. The molecule has 0 bridgehead atoms. The van der Waals surface area contributed by atoms with Gasteiger partial charge in [-0.15, -0.1) is 11.3 Å². The van der Waals surface area contributed by atoms with E-state index in [-0.39, 0.29) is 24.4 Å². The van der Waals surface area contributed by atoms with Gasteiger partial charge in [0.2, 0.25) is 5.91 Å². The zero-order valence-electron chi connectivity index (χ0n) is 10.5. The third-order valence-corrected chi connectivity index (χ3v) is 3.13. The van der Waals surface area contributed by atoms with Gasteiger partial charge in [0.15, 0.2) is 0 Å². The number of hydrogen-bond donors (Lipinski definition) is 3. The second-order valence-electron chi connectivity index (χ2n) is 4.21. The average Bonchev–Trinajstić information content (AvgIpc) is 2.77. The molecule has 3 N–H and O–H groups in total. The van der Waals surface area contributed by atoms with Crippen molar-refractivity contribution in [2.24, 2.45) is 0 Å². The van der Waals surface area contributed by atoms with Crippen LogP contribution in [0.2, 0.25) is 0 Å². The first-order valence-electron chi connectivity index (χ1n) is 5.78. The fraction of sp³-hybridized carbons (Fsp3) is 0.500. The lowest BCUT2D eigenvalue weighted by molar-refractivity contribution is -0.120. The number of carbonyl (C=O) groups is 2. The Morgan fingerprint density at radius 2 is 2.17 bits per heavy atom. The number of amides is 2. The SMILES string of the molecule is CC(O)CC(C)NC(=O)CNC(=O)c1cccs1. The highest BCUT2D eigenvalue weighted by Gasteiger charge is 2.12. The quantitative estimate of drug-likeness (QED) is 0.714. The lowest BCUT2D eigenvalue weighted by Crippen LogP contribution is -2.41. The van der Waals surface area contributed by atoms with Crippen molar-refractivity contribution in [3.05, 3.63) is 22.4 Å². The van der Waals surface area contributed by atoms with Crippen molar-refractivity contribution in [1.29, 1.82) is 0 Å². The first-order valence-corrected chi connectivity index (χ1v) is 6.66. The first-order chi connectivity index (χ1) is 8.49. The van der Waals surface area contributed by atoms with Crippen LogP contribution in [-0.2, 0) is 4.79 Å². The van der Waals surface area contributed by atoms with E-state index < -0.39 is 6.10 Å². The zero-order chi connectivity index (χ0) is 13.5. The normalized spacial score (nSPS) is 13.7. The van der Waals surface area contributed by atoms with Crippen LogP contribution in [0.1, 0.15) is 29.9 Å². The van der Waals surface area contributed by atoms with Crippen LogP contribution in [0.5, 0.6) is 0 Å². The highest BCUT2D eigenvalue weighted by atomic mass is 32.1. The molecular weight excluding hydrogens is 252 g/mol.